The van der Waals surface area contributed by atoms with Crippen LogP contribution in [0.15, 0.2) is 53.4 Å². The fourth-order valence-corrected chi connectivity index (χ4v) is 7.87. The number of benzene rings is 2. The van der Waals surface area contributed by atoms with Crippen molar-refractivity contribution in [3.05, 3.63) is 65.2 Å². The van der Waals surface area contributed by atoms with Crippen LogP contribution in [0.4, 0.5) is 4.79 Å². The summed E-state index contributed by atoms with van der Waals surface area (Å²) in [6.07, 6.45) is 5.65. The number of rotatable bonds is 9. The summed E-state index contributed by atoms with van der Waals surface area (Å²) in [4.78, 5) is 28.8. The Bertz CT molecular complexity index is 1300. The van der Waals surface area contributed by atoms with Gasteiger partial charge in [-0.15, -0.1) is 0 Å². The van der Waals surface area contributed by atoms with Gasteiger partial charge in [0.15, 0.2) is 9.84 Å². The molecule has 0 radical (unpaired) electrons. The van der Waals surface area contributed by atoms with E-state index < -0.39 is 21.8 Å². The molecule has 2 atom stereocenters. The summed E-state index contributed by atoms with van der Waals surface area (Å²) in [7, 11) is -3.35. The van der Waals surface area contributed by atoms with Gasteiger partial charge in [0.25, 0.3) is 0 Å². The molecule has 8 heteroatoms. The van der Waals surface area contributed by atoms with Crippen LogP contribution in [0.5, 0.6) is 0 Å². The second kappa shape index (κ2) is 10.5. The van der Waals surface area contributed by atoms with E-state index in [1.165, 1.54) is 4.90 Å². The molecular formula is C30H35NO6S. The van der Waals surface area contributed by atoms with Crippen molar-refractivity contribution in [1.82, 2.24) is 4.90 Å². The summed E-state index contributed by atoms with van der Waals surface area (Å²) >= 11 is 0. The normalized spacial score (nSPS) is 23.3. The van der Waals surface area contributed by atoms with Crippen LogP contribution in [-0.4, -0.2) is 56.4 Å². The van der Waals surface area contributed by atoms with E-state index in [1.54, 1.807) is 6.07 Å². The van der Waals surface area contributed by atoms with Crippen molar-refractivity contribution >= 4 is 21.8 Å². The molecule has 2 saturated heterocycles. The van der Waals surface area contributed by atoms with E-state index in [4.69, 9.17) is 9.47 Å². The van der Waals surface area contributed by atoms with Crippen molar-refractivity contribution in [2.45, 2.75) is 79.4 Å². The molecule has 7 nitrogen and oxygen atoms in total. The largest absolute Gasteiger partial charge is 0.447 e. The molecule has 2 heterocycles. The Balaban J connectivity index is 1.34. The molecular weight excluding hydrogens is 502 g/mol. The van der Waals surface area contributed by atoms with Crippen molar-refractivity contribution in [3.8, 4) is 0 Å². The quantitative estimate of drug-likeness (QED) is 0.448. The van der Waals surface area contributed by atoms with Gasteiger partial charge >= 0.3 is 6.09 Å². The summed E-state index contributed by atoms with van der Waals surface area (Å²) < 4.78 is 37.3. The van der Waals surface area contributed by atoms with Gasteiger partial charge in [0.05, 0.1) is 22.1 Å². The van der Waals surface area contributed by atoms with E-state index in [1.807, 2.05) is 42.5 Å². The third-order valence-corrected chi connectivity index (χ3v) is 10.8. The number of imide groups is 1. The Morgan fingerprint density at radius 1 is 0.974 bits per heavy atom. The molecule has 2 aromatic carbocycles. The maximum Gasteiger partial charge on any atom is 0.417 e. The molecule has 4 aliphatic rings. The van der Waals surface area contributed by atoms with Gasteiger partial charge in [-0.2, -0.15) is 0 Å². The maximum absolute atomic E-state index is 14.2. The van der Waals surface area contributed by atoms with Crippen LogP contribution in [0, 0.1) is 5.92 Å². The molecule has 4 fully saturated rings. The fraction of sp³-hybridized carbons (Fsp3) is 0.533. The number of sulfone groups is 1. The fourth-order valence-electron chi connectivity index (χ4n) is 5.94. The molecule has 6 rings (SSSR count). The highest BCUT2D eigenvalue weighted by molar-refractivity contribution is 7.92. The second-order valence-electron chi connectivity index (χ2n) is 11.3. The monoisotopic (exact) mass is 537 g/mol. The molecule has 2 amide bonds. The van der Waals surface area contributed by atoms with Gasteiger partial charge in [0.1, 0.15) is 6.61 Å². The van der Waals surface area contributed by atoms with Crippen molar-refractivity contribution in [3.63, 3.8) is 0 Å². The van der Waals surface area contributed by atoms with Gasteiger partial charge in [0.2, 0.25) is 5.91 Å². The Morgan fingerprint density at radius 2 is 1.71 bits per heavy atom. The lowest BCUT2D eigenvalue weighted by Gasteiger charge is -2.30. The molecule has 0 aromatic heterocycles. The summed E-state index contributed by atoms with van der Waals surface area (Å²) in [5.74, 6) is -0.278. The SMILES string of the molecule is O=C1OC[C@@H](Cc2ccccc2)N1C(=O)[C@H](CC1CCOCC1)c1ccc(S(=O)(=O)C2CC2)c(C2CC2)c1. The van der Waals surface area contributed by atoms with Crippen LogP contribution in [0.25, 0.3) is 0 Å². The topological polar surface area (TPSA) is 90.0 Å². The van der Waals surface area contributed by atoms with Crippen molar-refractivity contribution in [2.75, 3.05) is 19.8 Å². The van der Waals surface area contributed by atoms with E-state index in [-0.39, 0.29) is 29.7 Å². The van der Waals surface area contributed by atoms with Crippen LogP contribution >= 0.6 is 0 Å². The zero-order chi connectivity index (χ0) is 26.3. The highest BCUT2D eigenvalue weighted by Crippen LogP contribution is 2.47. The zero-order valence-corrected chi connectivity index (χ0v) is 22.4. The Hall–Kier alpha value is -2.71. The van der Waals surface area contributed by atoms with Gasteiger partial charge in [0, 0.05) is 13.2 Å². The Morgan fingerprint density at radius 3 is 2.39 bits per heavy atom. The number of nitrogens with zero attached hydrogens (tertiary/aromatic N) is 1. The van der Waals surface area contributed by atoms with Crippen LogP contribution in [0.2, 0.25) is 0 Å². The third-order valence-electron chi connectivity index (χ3n) is 8.44. The second-order valence-corrected chi connectivity index (χ2v) is 13.5. The number of cyclic esters (lactones) is 1. The zero-order valence-electron chi connectivity index (χ0n) is 21.6. The molecule has 2 saturated carbocycles. The predicted molar refractivity (Wildman–Crippen MR) is 142 cm³/mol. The summed E-state index contributed by atoms with van der Waals surface area (Å²) in [5.41, 5.74) is 2.69. The van der Waals surface area contributed by atoms with Crippen molar-refractivity contribution in [2.24, 2.45) is 5.92 Å². The number of amides is 2. The number of hydrogen-bond acceptors (Lipinski definition) is 6. The van der Waals surface area contributed by atoms with E-state index >= 15 is 0 Å². The molecule has 0 bridgehead atoms. The minimum absolute atomic E-state index is 0.176. The van der Waals surface area contributed by atoms with Gasteiger partial charge in [-0.25, -0.2) is 18.1 Å². The van der Waals surface area contributed by atoms with Crippen molar-refractivity contribution < 1.29 is 27.5 Å². The van der Waals surface area contributed by atoms with Gasteiger partial charge < -0.3 is 9.47 Å². The maximum atomic E-state index is 14.2. The molecule has 0 N–H and O–H groups in total. The van der Waals surface area contributed by atoms with E-state index in [9.17, 15) is 18.0 Å². The molecule has 2 aromatic rings. The van der Waals surface area contributed by atoms with Crippen LogP contribution in [0.3, 0.4) is 0 Å². The van der Waals surface area contributed by atoms with Crippen LogP contribution in [-0.2, 0) is 30.5 Å². The van der Waals surface area contributed by atoms with Gasteiger partial charge in [-0.3, -0.25) is 4.79 Å². The first kappa shape index (κ1) is 25.6. The van der Waals surface area contributed by atoms with Gasteiger partial charge in [-0.05, 0) is 86.0 Å². The highest BCUT2D eigenvalue weighted by Gasteiger charge is 2.44. The highest BCUT2D eigenvalue weighted by atomic mass is 32.2. The lowest BCUT2D eigenvalue weighted by atomic mass is 9.83. The summed E-state index contributed by atoms with van der Waals surface area (Å²) in [6, 6.07) is 15.0. The third kappa shape index (κ3) is 5.25. The number of ether oxygens (including phenoxy) is 2. The first-order valence-corrected chi connectivity index (χ1v) is 15.5. The van der Waals surface area contributed by atoms with E-state index in [0.29, 0.717) is 36.9 Å². The lowest BCUT2D eigenvalue weighted by molar-refractivity contribution is -0.131. The number of carbonyl (C=O) groups excluding carboxylic acids is 2. The summed E-state index contributed by atoms with van der Waals surface area (Å²) in [5, 5.41) is -0.274. The van der Waals surface area contributed by atoms with Crippen LogP contribution in [0.1, 0.15) is 73.5 Å². The van der Waals surface area contributed by atoms with Gasteiger partial charge in [-0.1, -0.05) is 42.5 Å². The molecule has 0 spiro atoms. The van der Waals surface area contributed by atoms with Crippen molar-refractivity contribution in [1.29, 1.82) is 0 Å². The molecule has 202 valence electrons. The molecule has 2 aliphatic heterocycles. The lowest BCUT2D eigenvalue weighted by Crippen LogP contribution is -2.43. The van der Waals surface area contributed by atoms with E-state index in [2.05, 4.69) is 0 Å². The summed E-state index contributed by atoms with van der Waals surface area (Å²) in [6.45, 7) is 1.51. The Kier molecular flexibility index (Phi) is 7.03. The number of carbonyl (C=O) groups is 2. The first-order valence-electron chi connectivity index (χ1n) is 13.9. The average molecular weight is 538 g/mol. The minimum atomic E-state index is -3.35. The number of hydrogen-bond donors (Lipinski definition) is 0. The standard InChI is InChI=1S/C30H35NO6S/c32-29(31-24(19-37-30(31)33)16-20-4-2-1-3-5-20)27(17-21-12-14-36-15-13-21)23-8-11-28(26(18-23)22-6-7-22)38(34,35)25-9-10-25/h1-5,8,11,18,21-22,24-25,27H,6-7,9-10,12-17,19H2/t24-,27-/m1/s1. The first-order chi connectivity index (χ1) is 18.4. The molecule has 38 heavy (non-hydrogen) atoms. The molecule has 0 unspecified atom stereocenters. The molecule has 2 aliphatic carbocycles. The predicted octanol–water partition coefficient (Wildman–Crippen LogP) is 4.99. The van der Waals surface area contributed by atoms with Crippen LogP contribution < -0.4 is 0 Å². The average Bonchev–Trinajstić information content (AvgIpc) is 3.85. The minimum Gasteiger partial charge on any atom is -0.447 e. The van der Waals surface area contributed by atoms with E-state index in [0.717, 1.165) is 55.2 Å². The smallest absolute Gasteiger partial charge is 0.417 e. The Labute approximate surface area is 224 Å².